The van der Waals surface area contributed by atoms with E-state index >= 15 is 0 Å². The fraction of sp³-hybridized carbons (Fsp3) is 0.366. The van der Waals surface area contributed by atoms with Gasteiger partial charge in [0.2, 0.25) is 5.95 Å². The lowest BCUT2D eigenvalue weighted by atomic mass is 9.85. The first kappa shape index (κ1) is 36.4. The van der Waals surface area contributed by atoms with Crippen LogP contribution in [0.3, 0.4) is 0 Å². The summed E-state index contributed by atoms with van der Waals surface area (Å²) in [5, 5.41) is 13.4. The van der Waals surface area contributed by atoms with Gasteiger partial charge in [0.25, 0.3) is 0 Å². The van der Waals surface area contributed by atoms with Gasteiger partial charge in [0, 0.05) is 73.3 Å². The van der Waals surface area contributed by atoms with Gasteiger partial charge in [0.1, 0.15) is 5.75 Å². The molecule has 5 aromatic rings. The average molecular weight is 676 g/mol. The number of aliphatic carboxylic acids is 1. The van der Waals surface area contributed by atoms with E-state index in [1.807, 2.05) is 78.3 Å². The molecule has 1 unspecified atom stereocenters. The van der Waals surface area contributed by atoms with Crippen LogP contribution in [0.4, 0.5) is 5.95 Å². The summed E-state index contributed by atoms with van der Waals surface area (Å²) in [5.41, 5.74) is 6.30. The van der Waals surface area contributed by atoms with Crippen LogP contribution < -0.4 is 9.64 Å². The Kier molecular flexibility index (Phi) is 11.2. The summed E-state index contributed by atoms with van der Waals surface area (Å²) in [6.45, 7) is 22.0. The predicted octanol–water partition coefficient (Wildman–Crippen LogP) is 8.28. The first-order valence-electron chi connectivity index (χ1n) is 17.3. The van der Waals surface area contributed by atoms with E-state index in [0.29, 0.717) is 12.2 Å². The number of hydrogen-bond donors (Lipinski definition) is 1. The second-order valence-corrected chi connectivity index (χ2v) is 13.3. The quantitative estimate of drug-likeness (QED) is 0.178. The minimum absolute atomic E-state index is 0.618. The zero-order valence-corrected chi connectivity index (χ0v) is 30.4. The zero-order valence-electron chi connectivity index (χ0n) is 30.4. The van der Waals surface area contributed by atoms with Gasteiger partial charge in [-0.2, -0.15) is 0 Å². The van der Waals surface area contributed by atoms with Gasteiger partial charge in [-0.05, 0) is 92.0 Å². The number of carbonyl (C=O) groups is 1. The number of aryl methyl sites for hydroxylation is 1. The fourth-order valence-corrected chi connectivity index (χ4v) is 6.70. The van der Waals surface area contributed by atoms with Crippen molar-refractivity contribution >= 4 is 33.6 Å². The molecule has 0 amide bonds. The van der Waals surface area contributed by atoms with Crippen LogP contribution in [0.25, 0.3) is 43.9 Å². The van der Waals surface area contributed by atoms with Crippen LogP contribution in [-0.2, 0) is 16.0 Å². The van der Waals surface area contributed by atoms with E-state index in [2.05, 4.69) is 54.3 Å². The van der Waals surface area contributed by atoms with E-state index < -0.39 is 17.7 Å². The predicted molar refractivity (Wildman–Crippen MR) is 203 cm³/mol. The standard InChI is InChI=1S/C37H39N5O4.C2H6.C2H4/c1-22-18-25-19-24(26-20-39-36(40-21-26)42-15-13-41(5)14-16-42)6-7-27(25)32(30(22)34(35(43)44)46-37(2,3)4)28-8-9-29-31-23(11-17-45-29)10-12-38-33(28)31;2*1-2/h6-10,12,18-21,34H,11,13-17H2,1-5H3,(H,43,44);1-2H3;1-2H2. The number of aromatic nitrogens is 3. The molecule has 0 saturated carbocycles. The van der Waals surface area contributed by atoms with Crippen molar-refractivity contribution in [1.29, 1.82) is 0 Å². The van der Waals surface area contributed by atoms with Crippen LogP contribution in [-0.4, -0.2) is 76.4 Å². The van der Waals surface area contributed by atoms with Crippen molar-refractivity contribution in [3.63, 3.8) is 0 Å². The molecule has 3 aromatic carbocycles. The molecule has 1 N–H and O–H groups in total. The Hall–Kier alpha value is -4.86. The van der Waals surface area contributed by atoms with E-state index in [0.717, 1.165) is 93.8 Å². The number of hydrogen-bond acceptors (Lipinski definition) is 8. The molecule has 1 fully saturated rings. The topological polar surface area (TPSA) is 101 Å². The second kappa shape index (κ2) is 15.4. The SMILES string of the molecule is C=C.CC.Cc1cc2cc(-c3cnc(N4CCN(C)CC4)nc3)ccc2c(-c2ccc3c4c(ccnc24)CCO3)c1C(OC(C)(C)C)C(=O)O. The fourth-order valence-electron chi connectivity index (χ4n) is 6.70. The third-order valence-electron chi connectivity index (χ3n) is 8.94. The van der Waals surface area contributed by atoms with E-state index in [1.54, 1.807) is 0 Å². The van der Waals surface area contributed by atoms with Crippen LogP contribution in [0, 0.1) is 6.92 Å². The van der Waals surface area contributed by atoms with Crippen LogP contribution in [0.15, 0.2) is 74.2 Å². The minimum Gasteiger partial charge on any atom is -0.493 e. The summed E-state index contributed by atoms with van der Waals surface area (Å²) in [6.07, 6.45) is 5.21. The minimum atomic E-state index is -1.18. The van der Waals surface area contributed by atoms with Crippen LogP contribution in [0.5, 0.6) is 5.75 Å². The maximum atomic E-state index is 12.9. The number of anilines is 1. The van der Waals surface area contributed by atoms with Gasteiger partial charge in [-0.3, -0.25) is 4.98 Å². The Balaban J connectivity index is 0.00000117. The first-order valence-corrected chi connectivity index (χ1v) is 17.3. The molecule has 9 heteroatoms. The molecule has 2 aromatic heterocycles. The number of rotatable bonds is 6. The van der Waals surface area contributed by atoms with Gasteiger partial charge in [0.05, 0.1) is 17.7 Å². The molecule has 2 aliphatic rings. The lowest BCUT2D eigenvalue weighted by Gasteiger charge is -2.32. The molecule has 0 radical (unpaired) electrons. The van der Waals surface area contributed by atoms with Crippen LogP contribution in [0.2, 0.25) is 0 Å². The summed E-state index contributed by atoms with van der Waals surface area (Å²) in [6, 6.07) is 14.3. The molecule has 262 valence electrons. The Bertz CT molecular complexity index is 1970. The zero-order chi connectivity index (χ0) is 36.2. The van der Waals surface area contributed by atoms with Crippen molar-refractivity contribution in [3.05, 3.63) is 90.9 Å². The number of piperazine rings is 1. The Morgan fingerprint density at radius 2 is 1.66 bits per heavy atom. The van der Waals surface area contributed by atoms with Gasteiger partial charge >= 0.3 is 5.97 Å². The first-order chi connectivity index (χ1) is 24.1. The molecule has 9 nitrogen and oxygen atoms in total. The van der Waals surface area contributed by atoms with Crippen LogP contribution >= 0.6 is 0 Å². The maximum absolute atomic E-state index is 12.9. The highest BCUT2D eigenvalue weighted by Gasteiger charge is 2.33. The number of pyridine rings is 1. The molecule has 1 atom stereocenters. The van der Waals surface area contributed by atoms with Gasteiger partial charge < -0.3 is 24.4 Å². The molecule has 50 heavy (non-hydrogen) atoms. The van der Waals surface area contributed by atoms with Gasteiger partial charge in [-0.15, -0.1) is 13.2 Å². The smallest absolute Gasteiger partial charge is 0.337 e. The lowest BCUT2D eigenvalue weighted by molar-refractivity contribution is -0.160. The monoisotopic (exact) mass is 675 g/mol. The largest absolute Gasteiger partial charge is 0.493 e. The number of ether oxygens (including phenoxy) is 2. The summed E-state index contributed by atoms with van der Waals surface area (Å²) in [4.78, 5) is 31.7. The van der Waals surface area contributed by atoms with Crippen molar-refractivity contribution in [2.45, 2.75) is 59.7 Å². The molecule has 1 saturated heterocycles. The third kappa shape index (κ3) is 7.34. The molecular weight excluding hydrogens is 626 g/mol. The maximum Gasteiger partial charge on any atom is 0.337 e. The lowest BCUT2D eigenvalue weighted by Crippen LogP contribution is -2.45. The molecule has 4 heterocycles. The third-order valence-corrected chi connectivity index (χ3v) is 8.94. The molecule has 0 bridgehead atoms. The van der Waals surface area contributed by atoms with Crippen molar-refractivity contribution in [3.8, 4) is 28.0 Å². The highest BCUT2D eigenvalue weighted by atomic mass is 16.5. The van der Waals surface area contributed by atoms with Crippen molar-refractivity contribution < 1.29 is 19.4 Å². The Labute approximate surface area is 295 Å². The Morgan fingerprint density at radius 3 is 2.32 bits per heavy atom. The number of fused-ring (bicyclic) bond motifs is 1. The van der Waals surface area contributed by atoms with Crippen molar-refractivity contribution in [1.82, 2.24) is 19.9 Å². The number of nitrogens with zero attached hydrogens (tertiary/aromatic N) is 5. The number of carboxylic acid groups (broad SMARTS) is 1. The number of likely N-dealkylation sites (N-methyl/N-ethyl adjacent to an activating group) is 1. The van der Waals surface area contributed by atoms with E-state index in [4.69, 9.17) is 24.4 Å². The van der Waals surface area contributed by atoms with Gasteiger partial charge in [0.15, 0.2) is 6.10 Å². The summed E-state index contributed by atoms with van der Waals surface area (Å²) in [5.74, 6) is 0.514. The normalized spacial score (nSPS) is 15.0. The van der Waals surface area contributed by atoms with Crippen molar-refractivity contribution in [2.75, 3.05) is 44.7 Å². The van der Waals surface area contributed by atoms with E-state index in [9.17, 15) is 9.90 Å². The molecule has 2 aliphatic heterocycles. The highest BCUT2D eigenvalue weighted by Crippen LogP contribution is 2.45. The molecule has 7 rings (SSSR count). The van der Waals surface area contributed by atoms with Gasteiger partial charge in [-0.1, -0.05) is 32.0 Å². The Morgan fingerprint density at radius 1 is 0.960 bits per heavy atom. The van der Waals surface area contributed by atoms with Gasteiger partial charge in [-0.25, -0.2) is 14.8 Å². The molecular formula is C41H49N5O4. The average Bonchev–Trinajstić information content (AvgIpc) is 3.12. The summed E-state index contributed by atoms with van der Waals surface area (Å²) >= 11 is 0. The number of benzene rings is 3. The molecule has 0 spiro atoms. The van der Waals surface area contributed by atoms with E-state index in [1.165, 1.54) is 5.56 Å². The van der Waals surface area contributed by atoms with Crippen molar-refractivity contribution in [2.24, 2.45) is 0 Å². The van der Waals surface area contributed by atoms with E-state index in [-0.39, 0.29) is 0 Å². The summed E-state index contributed by atoms with van der Waals surface area (Å²) in [7, 11) is 2.13. The van der Waals surface area contributed by atoms with Crippen LogP contribution in [0.1, 0.15) is 57.4 Å². The summed E-state index contributed by atoms with van der Waals surface area (Å²) < 4.78 is 12.3. The second-order valence-electron chi connectivity index (χ2n) is 13.3. The highest BCUT2D eigenvalue weighted by molar-refractivity contribution is 6.09. The molecule has 0 aliphatic carbocycles. The number of carboxylic acids is 1.